The Morgan fingerprint density at radius 2 is 2.20 bits per heavy atom. The Hall–Kier alpha value is -1.29. The van der Waals surface area contributed by atoms with Gasteiger partial charge in [0.25, 0.3) is 0 Å². The predicted molar refractivity (Wildman–Crippen MR) is 77.7 cm³/mol. The minimum absolute atomic E-state index is 0.245. The van der Waals surface area contributed by atoms with E-state index in [2.05, 4.69) is 23.4 Å². The third kappa shape index (κ3) is 2.16. The molecule has 20 heavy (non-hydrogen) atoms. The molecule has 1 aromatic carbocycles. The maximum Gasteiger partial charge on any atom is 0.167 e. The molecular weight excluding hydrogens is 279 g/mol. The van der Waals surface area contributed by atoms with Gasteiger partial charge in [-0.05, 0) is 17.8 Å². The summed E-state index contributed by atoms with van der Waals surface area (Å²) in [5, 5.41) is 0. The zero-order valence-corrected chi connectivity index (χ0v) is 12.7. The van der Waals surface area contributed by atoms with Crippen LogP contribution in [0.1, 0.15) is 26.1 Å². The summed E-state index contributed by atoms with van der Waals surface area (Å²) in [6.45, 7) is 5.40. The average Bonchev–Trinajstić information content (AvgIpc) is 2.86. The number of ether oxygens (including phenoxy) is 1. The van der Waals surface area contributed by atoms with E-state index in [1.165, 1.54) is 19.6 Å². The number of hydrogen-bond donors (Lipinski definition) is 0. The normalized spacial score (nSPS) is 20.4. The van der Waals surface area contributed by atoms with Crippen molar-refractivity contribution in [1.29, 1.82) is 0 Å². The molecule has 0 bridgehead atoms. The first-order chi connectivity index (χ1) is 9.46. The van der Waals surface area contributed by atoms with E-state index in [1.54, 1.807) is 6.07 Å². The van der Waals surface area contributed by atoms with Crippen LogP contribution in [0.4, 0.5) is 4.39 Å². The number of halogens is 2. The van der Waals surface area contributed by atoms with Gasteiger partial charge < -0.3 is 9.30 Å². The molecule has 1 unspecified atom stereocenters. The van der Waals surface area contributed by atoms with Gasteiger partial charge in [-0.1, -0.05) is 13.8 Å². The Labute approximate surface area is 122 Å². The lowest BCUT2D eigenvalue weighted by Gasteiger charge is -2.10. The summed E-state index contributed by atoms with van der Waals surface area (Å²) < 4.78 is 20.9. The number of imidazole rings is 1. The number of aromatic nitrogens is 2. The molecule has 1 heterocycles. The minimum Gasteiger partial charge on any atom is -0.494 e. The first kappa shape index (κ1) is 13.7. The molecule has 0 aliphatic heterocycles. The van der Waals surface area contributed by atoms with E-state index >= 15 is 0 Å². The van der Waals surface area contributed by atoms with E-state index in [0.717, 1.165) is 17.9 Å². The van der Waals surface area contributed by atoms with Crippen LogP contribution < -0.4 is 4.74 Å². The molecule has 3 rings (SSSR count). The highest BCUT2D eigenvalue weighted by Crippen LogP contribution is 2.52. The van der Waals surface area contributed by atoms with Gasteiger partial charge in [0, 0.05) is 18.7 Å². The van der Waals surface area contributed by atoms with Gasteiger partial charge in [0.05, 0.1) is 24.0 Å². The topological polar surface area (TPSA) is 27.1 Å². The molecule has 1 aromatic heterocycles. The zero-order valence-electron chi connectivity index (χ0n) is 11.9. The van der Waals surface area contributed by atoms with Gasteiger partial charge in [-0.25, -0.2) is 9.37 Å². The van der Waals surface area contributed by atoms with Crippen LogP contribution in [0.5, 0.6) is 5.75 Å². The predicted octanol–water partition coefficient (Wildman–Crippen LogP) is 3.97. The standard InChI is InChI=1S/C15H18ClFN2O/c1-15(2)6-9(15)8-19-12-5-13(20-3)10(17)4-11(12)18-14(19)7-16/h4-5,9H,6-8H2,1-3H3. The monoisotopic (exact) mass is 296 g/mol. The summed E-state index contributed by atoms with van der Waals surface area (Å²) in [6, 6.07) is 3.13. The van der Waals surface area contributed by atoms with Gasteiger partial charge in [-0.2, -0.15) is 0 Å². The van der Waals surface area contributed by atoms with Crippen molar-refractivity contribution in [3.05, 3.63) is 23.8 Å². The van der Waals surface area contributed by atoms with E-state index in [0.29, 0.717) is 22.7 Å². The largest absolute Gasteiger partial charge is 0.494 e. The molecule has 108 valence electrons. The highest BCUT2D eigenvalue weighted by molar-refractivity contribution is 6.16. The van der Waals surface area contributed by atoms with Gasteiger partial charge in [-0.15, -0.1) is 11.6 Å². The van der Waals surface area contributed by atoms with Gasteiger partial charge in [0.1, 0.15) is 5.82 Å². The molecule has 2 aromatic rings. The summed E-state index contributed by atoms with van der Waals surface area (Å²) in [4.78, 5) is 4.43. The van der Waals surface area contributed by atoms with Crippen molar-refractivity contribution in [1.82, 2.24) is 9.55 Å². The molecule has 0 amide bonds. The molecule has 1 saturated carbocycles. The Balaban J connectivity index is 2.08. The molecule has 0 N–H and O–H groups in total. The fourth-order valence-electron chi connectivity index (χ4n) is 2.75. The van der Waals surface area contributed by atoms with Crippen LogP contribution in [-0.4, -0.2) is 16.7 Å². The Morgan fingerprint density at radius 1 is 1.50 bits per heavy atom. The molecule has 5 heteroatoms. The van der Waals surface area contributed by atoms with E-state index in [-0.39, 0.29) is 5.75 Å². The molecule has 1 aliphatic carbocycles. The average molecular weight is 297 g/mol. The highest BCUT2D eigenvalue weighted by Gasteiger charge is 2.45. The lowest BCUT2D eigenvalue weighted by Crippen LogP contribution is -2.07. The van der Waals surface area contributed by atoms with Gasteiger partial charge in [0.2, 0.25) is 0 Å². The van der Waals surface area contributed by atoms with Crippen LogP contribution in [0, 0.1) is 17.2 Å². The first-order valence-corrected chi connectivity index (χ1v) is 7.28. The third-order valence-corrected chi connectivity index (χ3v) is 4.58. The second-order valence-corrected chi connectivity index (χ2v) is 6.40. The van der Waals surface area contributed by atoms with Crippen LogP contribution in [0.15, 0.2) is 12.1 Å². The second-order valence-electron chi connectivity index (χ2n) is 6.14. The van der Waals surface area contributed by atoms with E-state index in [4.69, 9.17) is 16.3 Å². The van der Waals surface area contributed by atoms with Crippen molar-refractivity contribution in [2.45, 2.75) is 32.7 Å². The SMILES string of the molecule is COc1cc2c(cc1F)nc(CCl)n2CC1CC1(C)C. The van der Waals surface area contributed by atoms with Crippen LogP contribution in [0.25, 0.3) is 11.0 Å². The maximum atomic E-state index is 13.8. The van der Waals surface area contributed by atoms with Gasteiger partial charge >= 0.3 is 0 Å². The smallest absolute Gasteiger partial charge is 0.167 e. The van der Waals surface area contributed by atoms with E-state index in [1.807, 2.05) is 0 Å². The fraction of sp³-hybridized carbons (Fsp3) is 0.533. The molecule has 1 atom stereocenters. The van der Waals surface area contributed by atoms with E-state index < -0.39 is 5.82 Å². The number of benzene rings is 1. The third-order valence-electron chi connectivity index (χ3n) is 4.34. The van der Waals surface area contributed by atoms with Crippen molar-refractivity contribution >= 4 is 22.6 Å². The summed E-state index contributed by atoms with van der Waals surface area (Å²) in [6.07, 6.45) is 1.20. The quantitative estimate of drug-likeness (QED) is 0.798. The number of nitrogens with zero attached hydrogens (tertiary/aromatic N) is 2. The molecule has 1 aliphatic rings. The maximum absolute atomic E-state index is 13.8. The lowest BCUT2D eigenvalue weighted by molar-refractivity contribution is 0.387. The summed E-state index contributed by atoms with van der Waals surface area (Å²) in [5.41, 5.74) is 1.91. The second kappa shape index (κ2) is 4.62. The Kier molecular flexibility index (Phi) is 3.16. The first-order valence-electron chi connectivity index (χ1n) is 6.75. The van der Waals surface area contributed by atoms with Crippen molar-refractivity contribution in [2.24, 2.45) is 11.3 Å². The van der Waals surface area contributed by atoms with Crippen molar-refractivity contribution in [2.75, 3.05) is 7.11 Å². The summed E-state index contributed by atoms with van der Waals surface area (Å²) in [5.74, 6) is 1.59. The molecule has 3 nitrogen and oxygen atoms in total. The number of alkyl halides is 1. The minimum atomic E-state index is -0.391. The summed E-state index contributed by atoms with van der Waals surface area (Å²) in [7, 11) is 1.47. The molecule has 0 radical (unpaired) electrons. The number of hydrogen-bond acceptors (Lipinski definition) is 2. The van der Waals surface area contributed by atoms with Crippen LogP contribution in [-0.2, 0) is 12.4 Å². The number of methoxy groups -OCH3 is 1. The molecule has 1 fully saturated rings. The van der Waals surface area contributed by atoms with Crippen LogP contribution in [0.3, 0.4) is 0 Å². The van der Waals surface area contributed by atoms with Crippen molar-refractivity contribution < 1.29 is 9.13 Å². The Morgan fingerprint density at radius 3 is 2.75 bits per heavy atom. The zero-order chi connectivity index (χ0) is 14.5. The van der Waals surface area contributed by atoms with Crippen molar-refractivity contribution in [3.63, 3.8) is 0 Å². The molecular formula is C15H18ClFN2O. The highest BCUT2D eigenvalue weighted by atomic mass is 35.5. The van der Waals surface area contributed by atoms with Crippen LogP contribution >= 0.6 is 11.6 Å². The van der Waals surface area contributed by atoms with Gasteiger partial charge in [0.15, 0.2) is 11.6 Å². The Bertz CT molecular complexity index is 665. The molecule has 0 spiro atoms. The lowest BCUT2D eigenvalue weighted by atomic mass is 10.1. The van der Waals surface area contributed by atoms with Gasteiger partial charge in [-0.3, -0.25) is 0 Å². The van der Waals surface area contributed by atoms with Crippen molar-refractivity contribution in [3.8, 4) is 5.75 Å². The van der Waals surface area contributed by atoms with Crippen LogP contribution in [0.2, 0.25) is 0 Å². The fourth-order valence-corrected chi connectivity index (χ4v) is 2.95. The number of rotatable bonds is 4. The molecule has 0 saturated heterocycles. The number of fused-ring (bicyclic) bond motifs is 1. The summed E-state index contributed by atoms with van der Waals surface area (Å²) >= 11 is 5.98. The van der Waals surface area contributed by atoms with E-state index in [9.17, 15) is 4.39 Å².